The summed E-state index contributed by atoms with van der Waals surface area (Å²) in [6.07, 6.45) is 0. The van der Waals surface area contributed by atoms with Crippen molar-refractivity contribution in [2.24, 2.45) is 0 Å². The lowest BCUT2D eigenvalue weighted by Gasteiger charge is -2.10. The molecule has 0 fully saturated rings. The Bertz CT molecular complexity index is 693. The Balaban J connectivity index is 2.79. The number of anilines is 1. The Morgan fingerprint density at radius 1 is 1.06 bits per heavy atom. The molecule has 0 unspecified atom stereocenters. The molecule has 0 saturated carbocycles. The summed E-state index contributed by atoms with van der Waals surface area (Å²) >= 11 is 0. The van der Waals surface area contributed by atoms with Crippen molar-refractivity contribution in [2.45, 2.75) is 11.8 Å². The van der Waals surface area contributed by atoms with Gasteiger partial charge in [0.25, 0.3) is 10.1 Å². The molecular formula is C13H13NO3S. The van der Waals surface area contributed by atoms with Crippen LogP contribution in [0.4, 0.5) is 5.69 Å². The van der Waals surface area contributed by atoms with Crippen LogP contribution >= 0.6 is 0 Å². The number of hydrogen-bond donors (Lipinski definition) is 2. The van der Waals surface area contributed by atoms with Crippen LogP contribution < -0.4 is 5.73 Å². The van der Waals surface area contributed by atoms with Crippen molar-refractivity contribution in [1.29, 1.82) is 0 Å². The maximum atomic E-state index is 11.4. The lowest BCUT2D eigenvalue weighted by Crippen LogP contribution is -2.02. The van der Waals surface area contributed by atoms with Crippen LogP contribution in [0.5, 0.6) is 0 Å². The number of rotatable bonds is 2. The summed E-state index contributed by atoms with van der Waals surface area (Å²) in [4.78, 5) is -0.133. The van der Waals surface area contributed by atoms with Crippen LogP contribution in [-0.2, 0) is 10.1 Å². The van der Waals surface area contributed by atoms with Crippen LogP contribution in [0.15, 0.2) is 47.4 Å². The first-order valence-electron chi connectivity index (χ1n) is 5.32. The van der Waals surface area contributed by atoms with Crippen LogP contribution in [0.25, 0.3) is 11.1 Å². The van der Waals surface area contributed by atoms with Crippen molar-refractivity contribution < 1.29 is 13.0 Å². The van der Waals surface area contributed by atoms with E-state index in [2.05, 4.69) is 0 Å². The third-order valence-corrected chi connectivity index (χ3v) is 3.63. The molecular weight excluding hydrogens is 250 g/mol. The quantitative estimate of drug-likeness (QED) is 0.644. The largest absolute Gasteiger partial charge is 0.399 e. The van der Waals surface area contributed by atoms with Gasteiger partial charge in [0.1, 0.15) is 4.90 Å². The van der Waals surface area contributed by atoms with Gasteiger partial charge in [-0.05, 0) is 36.2 Å². The predicted molar refractivity (Wildman–Crippen MR) is 70.8 cm³/mol. The van der Waals surface area contributed by atoms with Gasteiger partial charge in [0, 0.05) is 11.3 Å². The molecule has 0 aliphatic rings. The van der Waals surface area contributed by atoms with E-state index >= 15 is 0 Å². The first-order valence-corrected chi connectivity index (χ1v) is 6.76. The van der Waals surface area contributed by atoms with Crippen molar-refractivity contribution in [3.8, 4) is 11.1 Å². The molecule has 0 saturated heterocycles. The second-order valence-corrected chi connectivity index (χ2v) is 5.44. The predicted octanol–water partition coefficient (Wildman–Crippen LogP) is 2.49. The molecule has 4 nitrogen and oxygen atoms in total. The van der Waals surface area contributed by atoms with Gasteiger partial charge in [-0.1, -0.05) is 24.3 Å². The second-order valence-electron chi connectivity index (χ2n) is 4.05. The lowest BCUT2D eigenvalue weighted by atomic mass is 10.0. The number of benzene rings is 2. The highest BCUT2D eigenvalue weighted by Crippen LogP contribution is 2.31. The Kier molecular flexibility index (Phi) is 3.11. The van der Waals surface area contributed by atoms with Crippen molar-refractivity contribution in [1.82, 2.24) is 0 Å². The fourth-order valence-electron chi connectivity index (χ4n) is 1.86. The minimum atomic E-state index is -4.27. The molecule has 0 bridgehead atoms. The zero-order valence-corrected chi connectivity index (χ0v) is 10.6. The molecule has 0 aliphatic heterocycles. The number of nitrogen functional groups attached to an aromatic ring is 1. The number of hydrogen-bond acceptors (Lipinski definition) is 3. The van der Waals surface area contributed by atoms with Gasteiger partial charge in [-0.2, -0.15) is 8.42 Å². The van der Waals surface area contributed by atoms with E-state index in [1.165, 1.54) is 12.1 Å². The Hall–Kier alpha value is -1.85. The van der Waals surface area contributed by atoms with Gasteiger partial charge >= 0.3 is 0 Å². The molecule has 0 radical (unpaired) electrons. The molecule has 0 atom stereocenters. The summed E-state index contributed by atoms with van der Waals surface area (Å²) in [7, 11) is -4.27. The first-order chi connectivity index (χ1) is 8.39. The van der Waals surface area contributed by atoms with Gasteiger partial charge in [0.2, 0.25) is 0 Å². The van der Waals surface area contributed by atoms with Crippen molar-refractivity contribution >= 4 is 15.8 Å². The van der Waals surface area contributed by atoms with Crippen LogP contribution in [0.1, 0.15) is 5.56 Å². The minimum absolute atomic E-state index is 0.133. The van der Waals surface area contributed by atoms with Crippen molar-refractivity contribution in [3.05, 3.63) is 48.0 Å². The van der Waals surface area contributed by atoms with E-state index in [0.29, 0.717) is 11.3 Å². The topological polar surface area (TPSA) is 80.4 Å². The van der Waals surface area contributed by atoms with Crippen LogP contribution in [0.2, 0.25) is 0 Å². The third kappa shape index (κ3) is 2.37. The second kappa shape index (κ2) is 4.44. The molecule has 18 heavy (non-hydrogen) atoms. The average Bonchev–Trinajstić information content (AvgIpc) is 2.27. The highest BCUT2D eigenvalue weighted by atomic mass is 32.2. The first kappa shape index (κ1) is 12.6. The van der Waals surface area contributed by atoms with Gasteiger partial charge in [-0.25, -0.2) is 0 Å². The van der Waals surface area contributed by atoms with E-state index in [0.717, 1.165) is 11.1 Å². The molecule has 94 valence electrons. The SMILES string of the molecule is Cc1ccccc1-c1cc(N)ccc1S(=O)(=O)O. The smallest absolute Gasteiger partial charge is 0.295 e. The molecule has 0 aliphatic carbocycles. The summed E-state index contributed by atoms with van der Waals surface area (Å²) < 4.78 is 32.0. The molecule has 0 aromatic heterocycles. The minimum Gasteiger partial charge on any atom is -0.399 e. The van der Waals surface area contributed by atoms with E-state index in [9.17, 15) is 13.0 Å². The summed E-state index contributed by atoms with van der Waals surface area (Å²) in [6, 6.07) is 11.6. The average molecular weight is 263 g/mol. The summed E-state index contributed by atoms with van der Waals surface area (Å²) in [5.41, 5.74) is 8.18. The molecule has 2 aromatic rings. The van der Waals surface area contributed by atoms with Gasteiger partial charge in [-0.3, -0.25) is 4.55 Å². The summed E-state index contributed by atoms with van der Waals surface area (Å²) in [5.74, 6) is 0. The molecule has 0 heterocycles. The maximum absolute atomic E-state index is 11.4. The Labute approximate surface area is 106 Å². The van der Waals surface area contributed by atoms with Gasteiger partial charge in [0.05, 0.1) is 0 Å². The lowest BCUT2D eigenvalue weighted by molar-refractivity contribution is 0.483. The van der Waals surface area contributed by atoms with Crippen LogP contribution in [0, 0.1) is 6.92 Å². The molecule has 2 rings (SSSR count). The highest BCUT2D eigenvalue weighted by Gasteiger charge is 2.17. The van der Waals surface area contributed by atoms with Crippen molar-refractivity contribution in [3.63, 3.8) is 0 Å². The standard InChI is InChI=1S/C13H13NO3S/c1-9-4-2-3-5-11(9)12-8-10(14)6-7-13(12)18(15,16)17/h2-8H,14H2,1H3,(H,15,16,17). The van der Waals surface area contributed by atoms with E-state index < -0.39 is 10.1 Å². The monoisotopic (exact) mass is 263 g/mol. The van der Waals surface area contributed by atoms with Crippen molar-refractivity contribution in [2.75, 3.05) is 5.73 Å². The van der Waals surface area contributed by atoms with E-state index in [1.54, 1.807) is 18.2 Å². The molecule has 2 aromatic carbocycles. The van der Waals surface area contributed by atoms with E-state index in [4.69, 9.17) is 5.73 Å². The third-order valence-electron chi connectivity index (χ3n) is 2.72. The molecule has 0 amide bonds. The Morgan fingerprint density at radius 3 is 2.33 bits per heavy atom. The van der Waals surface area contributed by atoms with Gasteiger partial charge < -0.3 is 5.73 Å². The summed E-state index contributed by atoms with van der Waals surface area (Å²) in [5, 5.41) is 0. The fraction of sp³-hybridized carbons (Fsp3) is 0.0769. The maximum Gasteiger partial charge on any atom is 0.295 e. The Morgan fingerprint density at radius 2 is 1.72 bits per heavy atom. The van der Waals surface area contributed by atoms with E-state index in [-0.39, 0.29) is 4.90 Å². The zero-order chi connectivity index (χ0) is 13.3. The summed E-state index contributed by atoms with van der Waals surface area (Å²) in [6.45, 7) is 1.87. The van der Waals surface area contributed by atoms with Crippen LogP contribution in [0.3, 0.4) is 0 Å². The van der Waals surface area contributed by atoms with E-state index in [1.807, 2.05) is 19.1 Å². The normalized spacial score (nSPS) is 11.4. The molecule has 5 heteroatoms. The van der Waals surface area contributed by atoms with Gasteiger partial charge in [-0.15, -0.1) is 0 Å². The molecule has 3 N–H and O–H groups in total. The highest BCUT2D eigenvalue weighted by molar-refractivity contribution is 7.86. The molecule has 0 spiro atoms. The van der Waals surface area contributed by atoms with Crippen LogP contribution in [-0.4, -0.2) is 13.0 Å². The van der Waals surface area contributed by atoms with Gasteiger partial charge in [0.15, 0.2) is 0 Å². The number of aryl methyl sites for hydroxylation is 1. The fourth-order valence-corrected chi connectivity index (χ4v) is 2.54. The number of nitrogens with two attached hydrogens (primary N) is 1. The zero-order valence-electron chi connectivity index (χ0n) is 9.79.